The molecule has 7 heteroatoms. The van der Waals surface area contributed by atoms with E-state index in [9.17, 15) is 13.2 Å². The van der Waals surface area contributed by atoms with Crippen molar-refractivity contribution in [2.45, 2.75) is 0 Å². The van der Waals surface area contributed by atoms with Crippen LogP contribution in [0.15, 0.2) is 18.2 Å². The van der Waals surface area contributed by atoms with Gasteiger partial charge in [0.1, 0.15) is 9.84 Å². The zero-order valence-electron chi connectivity index (χ0n) is 9.43. The molecule has 0 fully saturated rings. The van der Waals surface area contributed by atoms with E-state index in [1.54, 1.807) is 12.1 Å². The van der Waals surface area contributed by atoms with Crippen molar-refractivity contribution in [3.63, 3.8) is 0 Å². The van der Waals surface area contributed by atoms with E-state index in [0.29, 0.717) is 11.4 Å². The van der Waals surface area contributed by atoms with Crippen LogP contribution in [-0.2, 0) is 9.84 Å². The number of sulfone groups is 1. The second-order valence-electron chi connectivity index (χ2n) is 3.69. The van der Waals surface area contributed by atoms with Gasteiger partial charge in [-0.1, -0.05) is 6.07 Å². The Morgan fingerprint density at radius 1 is 1.41 bits per heavy atom. The molecule has 0 spiro atoms. The predicted molar refractivity (Wildman–Crippen MR) is 67.6 cm³/mol. The van der Waals surface area contributed by atoms with Crippen LogP contribution in [0.5, 0.6) is 0 Å². The van der Waals surface area contributed by atoms with Gasteiger partial charge < -0.3 is 16.8 Å². The summed E-state index contributed by atoms with van der Waals surface area (Å²) >= 11 is 0. The third-order valence-electron chi connectivity index (χ3n) is 2.14. The molecule has 0 heterocycles. The predicted octanol–water partition coefficient (Wildman–Crippen LogP) is -0.176. The van der Waals surface area contributed by atoms with Crippen LogP contribution in [0.25, 0.3) is 0 Å². The van der Waals surface area contributed by atoms with Gasteiger partial charge in [0, 0.05) is 12.8 Å². The number of nitrogens with two attached hydrogens (primary N) is 2. The lowest BCUT2D eigenvalue weighted by molar-refractivity contribution is 0.100. The zero-order valence-corrected chi connectivity index (χ0v) is 10.3. The van der Waals surface area contributed by atoms with Gasteiger partial charge in [-0.25, -0.2) is 8.42 Å². The van der Waals surface area contributed by atoms with E-state index in [0.717, 1.165) is 6.26 Å². The summed E-state index contributed by atoms with van der Waals surface area (Å²) in [4.78, 5) is 11.1. The maximum atomic E-state index is 11.1. The molecule has 0 aliphatic heterocycles. The van der Waals surface area contributed by atoms with Gasteiger partial charge in [-0.2, -0.15) is 0 Å². The van der Waals surface area contributed by atoms with Gasteiger partial charge in [-0.15, -0.1) is 0 Å². The van der Waals surface area contributed by atoms with Gasteiger partial charge in [0.05, 0.1) is 22.7 Å². The van der Waals surface area contributed by atoms with Crippen LogP contribution in [0.1, 0.15) is 10.4 Å². The standard InChI is InChI=1S/C10H15N3O3S/c1-17(15,16)6-5-13-9-7(10(12)14)3-2-4-8(9)11/h2-4,13H,5-6,11H2,1H3,(H2,12,14). The lowest BCUT2D eigenvalue weighted by atomic mass is 10.1. The average Bonchev–Trinajstić information content (AvgIpc) is 2.18. The van der Waals surface area contributed by atoms with Crippen LogP contribution >= 0.6 is 0 Å². The molecule has 1 rings (SSSR count). The molecule has 0 saturated carbocycles. The maximum Gasteiger partial charge on any atom is 0.250 e. The highest BCUT2D eigenvalue weighted by molar-refractivity contribution is 7.90. The van der Waals surface area contributed by atoms with Crippen molar-refractivity contribution < 1.29 is 13.2 Å². The summed E-state index contributed by atoms with van der Waals surface area (Å²) in [5, 5.41) is 2.81. The number of hydrogen-bond donors (Lipinski definition) is 3. The van der Waals surface area contributed by atoms with Gasteiger partial charge in [0.15, 0.2) is 0 Å². The smallest absolute Gasteiger partial charge is 0.250 e. The number of rotatable bonds is 5. The summed E-state index contributed by atoms with van der Waals surface area (Å²) in [5.74, 6) is -0.654. The molecule has 1 amide bonds. The fraction of sp³-hybridized carbons (Fsp3) is 0.300. The maximum absolute atomic E-state index is 11.1. The Balaban J connectivity index is 2.86. The monoisotopic (exact) mass is 257 g/mol. The van der Waals surface area contributed by atoms with Crippen molar-refractivity contribution in [1.82, 2.24) is 0 Å². The number of benzene rings is 1. The Morgan fingerprint density at radius 3 is 2.59 bits per heavy atom. The number of para-hydroxylation sites is 1. The highest BCUT2D eigenvalue weighted by Crippen LogP contribution is 2.22. The molecule has 0 aromatic heterocycles. The second kappa shape index (κ2) is 5.05. The third kappa shape index (κ3) is 3.95. The first-order valence-electron chi connectivity index (χ1n) is 4.91. The number of hydrogen-bond acceptors (Lipinski definition) is 5. The van der Waals surface area contributed by atoms with Gasteiger partial charge in [-0.3, -0.25) is 4.79 Å². The number of carbonyl (C=O) groups is 1. The lowest BCUT2D eigenvalue weighted by Crippen LogP contribution is -2.19. The number of nitrogens with one attached hydrogen (secondary N) is 1. The number of carbonyl (C=O) groups excluding carboxylic acids is 1. The molecule has 1 aromatic rings. The molecule has 0 aliphatic rings. The Hall–Kier alpha value is -1.76. The van der Waals surface area contributed by atoms with Crippen LogP contribution in [0.3, 0.4) is 0 Å². The highest BCUT2D eigenvalue weighted by Gasteiger charge is 2.11. The molecule has 0 radical (unpaired) electrons. The summed E-state index contributed by atoms with van der Waals surface area (Å²) in [5.41, 5.74) is 11.9. The van der Waals surface area contributed by atoms with E-state index in [1.165, 1.54) is 6.07 Å². The first kappa shape index (κ1) is 13.3. The van der Waals surface area contributed by atoms with E-state index < -0.39 is 15.7 Å². The highest BCUT2D eigenvalue weighted by atomic mass is 32.2. The Bertz CT molecular complexity index is 526. The number of amides is 1. The molecule has 1 aromatic carbocycles. The minimum atomic E-state index is -3.06. The number of nitrogen functional groups attached to an aromatic ring is 1. The quantitative estimate of drug-likeness (QED) is 0.633. The fourth-order valence-corrected chi connectivity index (χ4v) is 1.81. The SMILES string of the molecule is CS(=O)(=O)CCNc1c(N)cccc1C(N)=O. The van der Waals surface area contributed by atoms with Crippen LogP contribution in [0.4, 0.5) is 11.4 Å². The molecule has 94 valence electrons. The van der Waals surface area contributed by atoms with Gasteiger partial charge in [0.25, 0.3) is 5.91 Å². The molecule has 0 unspecified atom stereocenters. The van der Waals surface area contributed by atoms with Crippen molar-refractivity contribution >= 4 is 27.1 Å². The topological polar surface area (TPSA) is 115 Å². The Morgan fingerprint density at radius 2 is 2.06 bits per heavy atom. The van der Waals surface area contributed by atoms with E-state index in [4.69, 9.17) is 11.5 Å². The molecule has 0 atom stereocenters. The fourth-order valence-electron chi connectivity index (χ4n) is 1.33. The molecule has 5 N–H and O–H groups in total. The average molecular weight is 257 g/mol. The molecule has 0 bridgehead atoms. The van der Waals surface area contributed by atoms with E-state index in [2.05, 4.69) is 5.32 Å². The summed E-state index contributed by atoms with van der Waals surface area (Å²) in [6.07, 6.45) is 1.14. The largest absolute Gasteiger partial charge is 0.397 e. The first-order chi connectivity index (χ1) is 7.81. The van der Waals surface area contributed by atoms with Crippen LogP contribution in [0.2, 0.25) is 0 Å². The normalized spacial score (nSPS) is 11.1. The summed E-state index contributed by atoms with van der Waals surface area (Å²) < 4.78 is 21.9. The van der Waals surface area contributed by atoms with Crippen molar-refractivity contribution in [2.75, 3.05) is 29.6 Å². The number of primary amides is 1. The van der Waals surface area contributed by atoms with E-state index in [1.807, 2.05) is 0 Å². The Labute approximate surface area is 99.9 Å². The van der Waals surface area contributed by atoms with Gasteiger partial charge in [0.2, 0.25) is 0 Å². The summed E-state index contributed by atoms with van der Waals surface area (Å²) in [6.45, 7) is 0.174. The van der Waals surface area contributed by atoms with Crippen LogP contribution in [0, 0.1) is 0 Å². The molecule has 17 heavy (non-hydrogen) atoms. The lowest BCUT2D eigenvalue weighted by Gasteiger charge is -2.12. The molecular weight excluding hydrogens is 242 g/mol. The molecular formula is C10H15N3O3S. The first-order valence-corrected chi connectivity index (χ1v) is 6.97. The van der Waals surface area contributed by atoms with E-state index in [-0.39, 0.29) is 17.9 Å². The van der Waals surface area contributed by atoms with E-state index >= 15 is 0 Å². The van der Waals surface area contributed by atoms with Crippen molar-refractivity contribution in [3.8, 4) is 0 Å². The summed E-state index contributed by atoms with van der Waals surface area (Å²) in [6, 6.07) is 4.74. The van der Waals surface area contributed by atoms with Gasteiger partial charge >= 0.3 is 0 Å². The zero-order chi connectivity index (χ0) is 13.1. The van der Waals surface area contributed by atoms with Gasteiger partial charge in [-0.05, 0) is 12.1 Å². The van der Waals surface area contributed by atoms with Crippen LogP contribution < -0.4 is 16.8 Å². The molecule has 0 saturated heterocycles. The Kier molecular flexibility index (Phi) is 3.95. The number of anilines is 2. The summed E-state index contributed by atoms with van der Waals surface area (Å²) in [7, 11) is -3.06. The van der Waals surface area contributed by atoms with Crippen molar-refractivity contribution in [1.29, 1.82) is 0 Å². The third-order valence-corrected chi connectivity index (χ3v) is 3.08. The second-order valence-corrected chi connectivity index (χ2v) is 5.95. The molecule has 6 nitrogen and oxygen atoms in total. The van der Waals surface area contributed by atoms with Crippen LogP contribution in [-0.4, -0.2) is 32.9 Å². The molecule has 0 aliphatic carbocycles. The van der Waals surface area contributed by atoms with Crippen molar-refractivity contribution in [2.24, 2.45) is 5.73 Å². The minimum absolute atomic E-state index is 0.0421. The minimum Gasteiger partial charge on any atom is -0.397 e. The van der Waals surface area contributed by atoms with Crippen molar-refractivity contribution in [3.05, 3.63) is 23.8 Å².